The van der Waals surface area contributed by atoms with Crippen LogP contribution in [0.25, 0.3) is 10.8 Å². The van der Waals surface area contributed by atoms with Gasteiger partial charge in [-0.25, -0.2) is 15.2 Å². The van der Waals surface area contributed by atoms with Gasteiger partial charge in [0.1, 0.15) is 12.4 Å². The second-order valence-corrected chi connectivity index (χ2v) is 6.68. The summed E-state index contributed by atoms with van der Waals surface area (Å²) in [5.41, 5.74) is 3.86. The number of rotatable bonds is 7. The van der Waals surface area contributed by atoms with E-state index in [1.165, 1.54) is 11.9 Å². The fourth-order valence-electron chi connectivity index (χ4n) is 2.69. The highest BCUT2D eigenvalue weighted by molar-refractivity contribution is 6.31. The Labute approximate surface area is 173 Å². The average molecular weight is 413 g/mol. The quantitative estimate of drug-likeness (QED) is 0.573. The number of anilines is 1. The molecule has 0 unspecified atom stereocenters. The van der Waals surface area contributed by atoms with E-state index in [2.05, 4.69) is 15.7 Å². The number of halogens is 1. The van der Waals surface area contributed by atoms with Crippen LogP contribution >= 0.6 is 11.6 Å². The van der Waals surface area contributed by atoms with Crippen molar-refractivity contribution in [3.05, 3.63) is 71.4 Å². The number of hydrazine groups is 1. The lowest BCUT2D eigenvalue weighted by Crippen LogP contribution is -2.43. The van der Waals surface area contributed by atoms with E-state index in [-0.39, 0.29) is 19.1 Å². The molecule has 1 aromatic heterocycles. The molecule has 7 nitrogen and oxygen atoms in total. The van der Waals surface area contributed by atoms with Crippen LogP contribution in [0.4, 0.5) is 10.6 Å². The molecule has 0 atom stereocenters. The summed E-state index contributed by atoms with van der Waals surface area (Å²) in [7, 11) is 0. The summed E-state index contributed by atoms with van der Waals surface area (Å²) < 4.78 is 5.16. The van der Waals surface area contributed by atoms with E-state index < -0.39 is 6.09 Å². The van der Waals surface area contributed by atoms with E-state index in [9.17, 15) is 9.59 Å². The zero-order valence-electron chi connectivity index (χ0n) is 15.9. The summed E-state index contributed by atoms with van der Waals surface area (Å²) in [6.45, 7) is 2.03. The van der Waals surface area contributed by atoms with E-state index in [0.29, 0.717) is 17.4 Å². The van der Waals surface area contributed by atoms with Crippen molar-refractivity contribution in [2.24, 2.45) is 0 Å². The molecule has 29 heavy (non-hydrogen) atoms. The molecular weight excluding hydrogens is 392 g/mol. The minimum Gasteiger partial charge on any atom is -0.447 e. The summed E-state index contributed by atoms with van der Waals surface area (Å²) in [5, 5.41) is 6.52. The van der Waals surface area contributed by atoms with E-state index in [4.69, 9.17) is 16.3 Å². The van der Waals surface area contributed by atoms with Crippen molar-refractivity contribution >= 4 is 40.2 Å². The number of carbonyl (C=O) groups excluding carboxylic acids is 2. The van der Waals surface area contributed by atoms with Crippen LogP contribution in [-0.2, 0) is 16.1 Å². The highest BCUT2D eigenvalue weighted by Gasteiger charge is 2.11. The van der Waals surface area contributed by atoms with Crippen LogP contribution < -0.4 is 10.7 Å². The zero-order chi connectivity index (χ0) is 20.6. The number of carbonyl (C=O) groups is 2. The molecule has 3 rings (SSSR count). The molecule has 150 valence electrons. The monoisotopic (exact) mass is 412 g/mol. The van der Waals surface area contributed by atoms with Crippen molar-refractivity contribution < 1.29 is 14.3 Å². The second kappa shape index (κ2) is 9.86. The van der Waals surface area contributed by atoms with Crippen LogP contribution in [0.2, 0.25) is 5.02 Å². The number of benzene rings is 2. The van der Waals surface area contributed by atoms with Gasteiger partial charge in [0.25, 0.3) is 0 Å². The highest BCUT2D eigenvalue weighted by Crippen LogP contribution is 2.16. The van der Waals surface area contributed by atoms with E-state index in [1.807, 2.05) is 42.5 Å². The SMILES string of the molecule is CC(=O)N(CCOC(=O)Nc1cc2ccccc2cn1)NCc1ccccc1Cl. The molecule has 3 aromatic rings. The van der Waals surface area contributed by atoms with Gasteiger partial charge in [0.05, 0.1) is 6.54 Å². The topological polar surface area (TPSA) is 83.6 Å². The maximum atomic E-state index is 12.0. The normalized spacial score (nSPS) is 10.6. The molecule has 0 spiro atoms. The zero-order valence-corrected chi connectivity index (χ0v) is 16.6. The Morgan fingerprint density at radius 1 is 1.10 bits per heavy atom. The summed E-state index contributed by atoms with van der Waals surface area (Å²) in [5.74, 6) is 0.200. The van der Waals surface area contributed by atoms with E-state index in [0.717, 1.165) is 16.3 Å². The molecule has 0 aliphatic carbocycles. The predicted octanol–water partition coefficient (Wildman–Crippen LogP) is 3.99. The first-order valence-corrected chi connectivity index (χ1v) is 9.44. The smallest absolute Gasteiger partial charge is 0.412 e. The van der Waals surface area contributed by atoms with Crippen LogP contribution in [0, 0.1) is 0 Å². The summed E-state index contributed by atoms with van der Waals surface area (Å²) >= 11 is 6.12. The number of nitrogens with zero attached hydrogens (tertiary/aromatic N) is 2. The van der Waals surface area contributed by atoms with Crippen LogP contribution in [0.1, 0.15) is 12.5 Å². The first-order valence-electron chi connectivity index (χ1n) is 9.06. The lowest BCUT2D eigenvalue weighted by molar-refractivity contribution is -0.132. The Kier molecular flexibility index (Phi) is 6.99. The molecule has 1 heterocycles. The Morgan fingerprint density at radius 2 is 1.83 bits per heavy atom. The Morgan fingerprint density at radius 3 is 2.59 bits per heavy atom. The number of fused-ring (bicyclic) bond motifs is 1. The molecule has 0 aliphatic heterocycles. The molecule has 0 bridgehead atoms. The summed E-state index contributed by atoms with van der Waals surface area (Å²) in [6.07, 6.45) is 1.04. The summed E-state index contributed by atoms with van der Waals surface area (Å²) in [6, 6.07) is 16.8. The molecule has 0 saturated carbocycles. The number of amides is 2. The van der Waals surface area contributed by atoms with Gasteiger partial charge in [-0.2, -0.15) is 0 Å². The number of aromatic nitrogens is 1. The third-order valence-electron chi connectivity index (χ3n) is 4.21. The fraction of sp³-hybridized carbons (Fsp3) is 0.190. The van der Waals surface area contributed by atoms with Crippen molar-refractivity contribution in [3.63, 3.8) is 0 Å². The molecule has 0 saturated heterocycles. The first-order chi connectivity index (χ1) is 14.0. The third-order valence-corrected chi connectivity index (χ3v) is 4.58. The van der Waals surface area contributed by atoms with Gasteiger partial charge in [-0.1, -0.05) is 54.1 Å². The molecule has 2 aromatic carbocycles. The molecule has 8 heteroatoms. The highest BCUT2D eigenvalue weighted by atomic mass is 35.5. The minimum atomic E-state index is -0.637. The van der Waals surface area contributed by atoms with Crippen LogP contribution in [0.3, 0.4) is 0 Å². The molecular formula is C21H21ClN4O3. The van der Waals surface area contributed by atoms with Crippen molar-refractivity contribution in [1.82, 2.24) is 15.4 Å². The largest absolute Gasteiger partial charge is 0.447 e. The average Bonchev–Trinajstić information content (AvgIpc) is 2.71. The van der Waals surface area contributed by atoms with Gasteiger partial charge in [0, 0.05) is 30.1 Å². The number of pyridine rings is 1. The van der Waals surface area contributed by atoms with Gasteiger partial charge in [-0.3, -0.25) is 15.1 Å². The number of hydrogen-bond acceptors (Lipinski definition) is 5. The predicted molar refractivity (Wildman–Crippen MR) is 112 cm³/mol. The number of hydrogen-bond donors (Lipinski definition) is 2. The molecule has 0 radical (unpaired) electrons. The van der Waals surface area contributed by atoms with Gasteiger partial charge >= 0.3 is 6.09 Å². The number of nitrogens with one attached hydrogen (secondary N) is 2. The van der Waals surface area contributed by atoms with Crippen molar-refractivity contribution in [2.75, 3.05) is 18.5 Å². The standard InChI is InChI=1S/C21H21ClN4O3/c1-15(27)26(24-14-18-8-4-5-9-19(18)22)10-11-29-21(28)25-20-12-16-6-2-3-7-17(16)13-23-20/h2-9,12-13,24H,10-11,14H2,1H3,(H,23,25,28). The molecule has 0 fully saturated rings. The lowest BCUT2D eigenvalue weighted by atomic mass is 10.2. The first kappa shape index (κ1) is 20.6. The van der Waals surface area contributed by atoms with Crippen molar-refractivity contribution in [2.45, 2.75) is 13.5 Å². The van der Waals surface area contributed by atoms with Crippen molar-refractivity contribution in [3.8, 4) is 0 Å². The Balaban J connectivity index is 1.47. The van der Waals surface area contributed by atoms with Gasteiger partial charge in [-0.15, -0.1) is 0 Å². The molecule has 0 aliphatic rings. The van der Waals surface area contributed by atoms with E-state index in [1.54, 1.807) is 18.3 Å². The number of ether oxygens (including phenoxy) is 1. The minimum absolute atomic E-state index is 0.0223. The van der Waals surface area contributed by atoms with Gasteiger partial charge in [0.2, 0.25) is 5.91 Å². The van der Waals surface area contributed by atoms with Crippen LogP contribution in [-0.4, -0.2) is 35.1 Å². The lowest BCUT2D eigenvalue weighted by Gasteiger charge is -2.22. The summed E-state index contributed by atoms with van der Waals surface area (Å²) in [4.78, 5) is 28.0. The van der Waals surface area contributed by atoms with Crippen molar-refractivity contribution in [1.29, 1.82) is 0 Å². The fourth-order valence-corrected chi connectivity index (χ4v) is 2.89. The third kappa shape index (κ3) is 5.91. The van der Waals surface area contributed by atoms with E-state index >= 15 is 0 Å². The van der Waals surface area contributed by atoms with Gasteiger partial charge < -0.3 is 4.74 Å². The van der Waals surface area contributed by atoms with Crippen LogP contribution in [0.5, 0.6) is 0 Å². The maximum Gasteiger partial charge on any atom is 0.412 e. The van der Waals surface area contributed by atoms with Gasteiger partial charge in [-0.05, 0) is 23.1 Å². The Bertz CT molecular complexity index is 1010. The van der Waals surface area contributed by atoms with Crippen LogP contribution in [0.15, 0.2) is 60.8 Å². The maximum absolute atomic E-state index is 12.0. The second-order valence-electron chi connectivity index (χ2n) is 6.27. The molecule has 2 N–H and O–H groups in total. The molecule has 2 amide bonds. The van der Waals surface area contributed by atoms with Gasteiger partial charge in [0.15, 0.2) is 0 Å². The Hall–Kier alpha value is -3.16.